The molecule has 0 saturated carbocycles. The topological polar surface area (TPSA) is 26.0 Å². The zero-order valence-electron chi connectivity index (χ0n) is 11.3. The minimum atomic E-state index is -0.0750. The second kappa shape index (κ2) is 4.58. The van der Waals surface area contributed by atoms with Crippen molar-refractivity contribution in [3.8, 4) is 0 Å². The van der Waals surface area contributed by atoms with E-state index >= 15 is 0 Å². The molecule has 0 aliphatic carbocycles. The van der Waals surface area contributed by atoms with Crippen molar-refractivity contribution in [2.45, 2.75) is 58.4 Å². The van der Waals surface area contributed by atoms with E-state index in [4.69, 9.17) is 5.73 Å². The Morgan fingerprint density at radius 2 is 1.56 bits per heavy atom. The Balaban J connectivity index is 2.89. The Morgan fingerprint density at radius 3 is 2.00 bits per heavy atom. The quantitative estimate of drug-likeness (QED) is 0.819. The van der Waals surface area contributed by atoms with Crippen LogP contribution in [-0.4, -0.2) is 5.54 Å². The summed E-state index contributed by atoms with van der Waals surface area (Å²) < 4.78 is 0. The number of rotatable bonds is 4. The summed E-state index contributed by atoms with van der Waals surface area (Å²) in [6, 6.07) is 8.80. The summed E-state index contributed by atoms with van der Waals surface area (Å²) in [5.74, 6) is 0. The fourth-order valence-electron chi connectivity index (χ4n) is 2.24. The lowest BCUT2D eigenvalue weighted by Gasteiger charge is -2.34. The van der Waals surface area contributed by atoms with Crippen molar-refractivity contribution in [2.75, 3.05) is 0 Å². The van der Waals surface area contributed by atoms with Crippen LogP contribution in [0.25, 0.3) is 0 Å². The minimum Gasteiger partial charge on any atom is -0.325 e. The zero-order valence-corrected chi connectivity index (χ0v) is 11.3. The molecule has 1 atom stereocenters. The van der Waals surface area contributed by atoms with Gasteiger partial charge in [0.15, 0.2) is 0 Å². The fourth-order valence-corrected chi connectivity index (χ4v) is 2.24. The Kier molecular flexibility index (Phi) is 3.80. The number of benzene rings is 1. The average molecular weight is 219 g/mol. The highest BCUT2D eigenvalue weighted by Gasteiger charge is 2.29. The first-order valence-corrected chi connectivity index (χ1v) is 6.13. The molecule has 0 spiro atoms. The summed E-state index contributed by atoms with van der Waals surface area (Å²) in [5, 5.41) is 0. The second-order valence-electron chi connectivity index (χ2n) is 5.93. The van der Waals surface area contributed by atoms with Gasteiger partial charge in [0, 0.05) is 5.54 Å². The third-order valence-electron chi connectivity index (χ3n) is 3.49. The molecule has 1 heteroatoms. The van der Waals surface area contributed by atoms with Crippen LogP contribution in [0.15, 0.2) is 24.3 Å². The lowest BCUT2D eigenvalue weighted by molar-refractivity contribution is 0.319. The average Bonchev–Trinajstić information content (AvgIpc) is 2.17. The highest BCUT2D eigenvalue weighted by molar-refractivity contribution is 5.28. The van der Waals surface area contributed by atoms with Gasteiger partial charge in [-0.05, 0) is 37.7 Å². The van der Waals surface area contributed by atoms with Gasteiger partial charge in [0.25, 0.3) is 0 Å². The zero-order chi connectivity index (χ0) is 12.4. The predicted molar refractivity (Wildman–Crippen MR) is 71.7 cm³/mol. The van der Waals surface area contributed by atoms with Crippen LogP contribution in [0.2, 0.25) is 0 Å². The van der Waals surface area contributed by atoms with E-state index in [1.54, 1.807) is 0 Å². The van der Waals surface area contributed by atoms with Gasteiger partial charge in [0.1, 0.15) is 0 Å². The first-order chi connectivity index (χ1) is 7.27. The molecule has 0 radical (unpaired) electrons. The van der Waals surface area contributed by atoms with E-state index in [2.05, 4.69) is 58.9 Å². The molecule has 1 unspecified atom stereocenters. The van der Waals surface area contributed by atoms with Gasteiger partial charge in [-0.15, -0.1) is 0 Å². The van der Waals surface area contributed by atoms with Gasteiger partial charge in [-0.2, -0.15) is 0 Å². The summed E-state index contributed by atoms with van der Waals surface area (Å²) in [7, 11) is 0. The minimum absolute atomic E-state index is 0.0750. The lowest BCUT2D eigenvalue weighted by atomic mass is 9.74. The van der Waals surface area contributed by atoms with Crippen molar-refractivity contribution < 1.29 is 0 Å². The van der Waals surface area contributed by atoms with Crippen LogP contribution in [0, 0.1) is 6.92 Å². The summed E-state index contributed by atoms with van der Waals surface area (Å²) in [5.41, 5.74) is 9.03. The van der Waals surface area contributed by atoms with Gasteiger partial charge in [-0.25, -0.2) is 0 Å². The maximum Gasteiger partial charge on any atom is 0.0131 e. The standard InChI is InChI=1S/C15H25N/c1-6-15(5,16)11-14(3,4)13-9-7-12(2)8-10-13/h7-10H,6,11,16H2,1-5H3. The monoisotopic (exact) mass is 219 g/mol. The molecule has 1 rings (SSSR count). The highest BCUT2D eigenvalue weighted by Crippen LogP contribution is 2.32. The largest absolute Gasteiger partial charge is 0.325 e. The molecule has 0 bridgehead atoms. The van der Waals surface area contributed by atoms with Crippen molar-refractivity contribution in [3.05, 3.63) is 35.4 Å². The van der Waals surface area contributed by atoms with E-state index in [0.29, 0.717) is 0 Å². The molecule has 0 aliphatic heterocycles. The van der Waals surface area contributed by atoms with Crippen molar-refractivity contribution >= 4 is 0 Å². The molecule has 1 nitrogen and oxygen atoms in total. The van der Waals surface area contributed by atoms with Crippen LogP contribution in [0.5, 0.6) is 0 Å². The van der Waals surface area contributed by atoms with Crippen LogP contribution < -0.4 is 5.73 Å². The van der Waals surface area contributed by atoms with Crippen molar-refractivity contribution in [2.24, 2.45) is 5.73 Å². The molecule has 90 valence electrons. The van der Waals surface area contributed by atoms with E-state index in [0.717, 1.165) is 12.8 Å². The van der Waals surface area contributed by atoms with Gasteiger partial charge in [-0.1, -0.05) is 50.6 Å². The van der Waals surface area contributed by atoms with Crippen LogP contribution in [-0.2, 0) is 5.41 Å². The van der Waals surface area contributed by atoms with Crippen molar-refractivity contribution in [1.82, 2.24) is 0 Å². The second-order valence-corrected chi connectivity index (χ2v) is 5.93. The molecule has 0 aromatic heterocycles. The van der Waals surface area contributed by atoms with Crippen LogP contribution in [0.1, 0.15) is 51.7 Å². The molecule has 0 amide bonds. The van der Waals surface area contributed by atoms with Gasteiger partial charge in [0.05, 0.1) is 0 Å². The molecule has 1 aromatic carbocycles. The SMILES string of the molecule is CCC(C)(N)CC(C)(C)c1ccc(C)cc1. The van der Waals surface area contributed by atoms with E-state index in [1.165, 1.54) is 11.1 Å². The third kappa shape index (κ3) is 3.34. The number of hydrogen-bond donors (Lipinski definition) is 1. The van der Waals surface area contributed by atoms with Crippen molar-refractivity contribution in [3.63, 3.8) is 0 Å². The van der Waals surface area contributed by atoms with Crippen LogP contribution >= 0.6 is 0 Å². The number of hydrogen-bond acceptors (Lipinski definition) is 1. The molecule has 0 aliphatic rings. The number of nitrogens with two attached hydrogens (primary N) is 1. The fraction of sp³-hybridized carbons (Fsp3) is 0.600. The smallest absolute Gasteiger partial charge is 0.0131 e. The van der Waals surface area contributed by atoms with Crippen molar-refractivity contribution in [1.29, 1.82) is 0 Å². The predicted octanol–water partition coefficient (Wildman–Crippen LogP) is 3.79. The van der Waals surface area contributed by atoms with Crippen LogP contribution in [0.3, 0.4) is 0 Å². The van der Waals surface area contributed by atoms with Crippen LogP contribution in [0.4, 0.5) is 0 Å². The molecular weight excluding hydrogens is 194 g/mol. The summed E-state index contributed by atoms with van der Waals surface area (Å²) in [4.78, 5) is 0. The molecule has 0 fully saturated rings. The molecular formula is C15H25N. The van der Waals surface area contributed by atoms with E-state index in [9.17, 15) is 0 Å². The van der Waals surface area contributed by atoms with E-state index in [1.807, 2.05) is 0 Å². The highest BCUT2D eigenvalue weighted by atomic mass is 14.7. The molecule has 0 saturated heterocycles. The first-order valence-electron chi connectivity index (χ1n) is 6.13. The Bertz CT molecular complexity index is 333. The molecule has 1 aromatic rings. The Labute approximate surface area is 100 Å². The number of aryl methyl sites for hydroxylation is 1. The van der Waals surface area contributed by atoms with Gasteiger partial charge >= 0.3 is 0 Å². The van der Waals surface area contributed by atoms with E-state index < -0.39 is 0 Å². The lowest BCUT2D eigenvalue weighted by Crippen LogP contribution is -2.41. The Morgan fingerprint density at radius 1 is 1.06 bits per heavy atom. The summed E-state index contributed by atoms with van der Waals surface area (Å²) in [6.45, 7) is 11.0. The summed E-state index contributed by atoms with van der Waals surface area (Å²) >= 11 is 0. The normalized spacial score (nSPS) is 15.9. The maximum atomic E-state index is 6.27. The summed E-state index contributed by atoms with van der Waals surface area (Å²) in [6.07, 6.45) is 2.03. The Hall–Kier alpha value is -0.820. The maximum absolute atomic E-state index is 6.27. The van der Waals surface area contributed by atoms with E-state index in [-0.39, 0.29) is 11.0 Å². The third-order valence-corrected chi connectivity index (χ3v) is 3.49. The molecule has 2 N–H and O–H groups in total. The molecule has 0 heterocycles. The van der Waals surface area contributed by atoms with Gasteiger partial charge in [-0.3, -0.25) is 0 Å². The first kappa shape index (κ1) is 13.2. The van der Waals surface area contributed by atoms with Gasteiger partial charge in [0.2, 0.25) is 0 Å². The van der Waals surface area contributed by atoms with Gasteiger partial charge < -0.3 is 5.73 Å². The molecule has 16 heavy (non-hydrogen) atoms.